The Balaban J connectivity index is 2.41. The molecular weight excluding hydrogens is 257 g/mol. The molecule has 0 amide bonds. The third-order valence-corrected chi connectivity index (χ3v) is 3.95. The van der Waals surface area contributed by atoms with Gasteiger partial charge < -0.3 is 14.4 Å². The summed E-state index contributed by atoms with van der Waals surface area (Å²) in [6.07, 6.45) is 0. The molecule has 18 heavy (non-hydrogen) atoms. The first kappa shape index (κ1) is 13.7. The normalized spacial score (nSPS) is 21.3. The lowest BCUT2D eigenvalue weighted by Crippen LogP contribution is -2.41. The molecule has 3 nitrogen and oxygen atoms in total. The molecule has 2 rings (SSSR count). The van der Waals surface area contributed by atoms with Crippen LogP contribution in [0.25, 0.3) is 0 Å². The van der Waals surface area contributed by atoms with Crippen LogP contribution in [0.1, 0.15) is 27.7 Å². The summed E-state index contributed by atoms with van der Waals surface area (Å²) in [6.45, 7) is 7.56. The predicted molar refractivity (Wildman–Crippen MR) is 68.8 cm³/mol. The number of halogens is 2. The van der Waals surface area contributed by atoms with Crippen molar-refractivity contribution in [3.8, 4) is 5.75 Å². The Bertz CT molecular complexity index is 474. The number of phenols is 1. The van der Waals surface area contributed by atoms with Gasteiger partial charge in [0.25, 0.3) is 0 Å². The first-order valence-electron chi connectivity index (χ1n) is 5.67. The van der Waals surface area contributed by atoms with Crippen molar-refractivity contribution in [2.75, 3.05) is 0 Å². The second-order valence-electron chi connectivity index (χ2n) is 5.42. The van der Waals surface area contributed by atoms with Gasteiger partial charge in [-0.1, -0.05) is 11.6 Å². The standard InChI is InChI=1S/C12H15BClFO3/c1-11(2)12(3,4)18-13(17-11)8-5-7(16)6-9(15)10(8)14/h5-6,16H,1-4H3. The second-order valence-corrected chi connectivity index (χ2v) is 5.80. The summed E-state index contributed by atoms with van der Waals surface area (Å²) >= 11 is 5.89. The molecule has 1 aromatic rings. The van der Waals surface area contributed by atoms with Crippen molar-refractivity contribution in [2.24, 2.45) is 0 Å². The molecule has 0 aromatic heterocycles. The second kappa shape index (κ2) is 4.12. The maximum atomic E-state index is 13.5. The largest absolute Gasteiger partial charge is 0.508 e. The molecule has 0 atom stereocenters. The van der Waals surface area contributed by atoms with Crippen molar-refractivity contribution in [1.82, 2.24) is 0 Å². The quantitative estimate of drug-likeness (QED) is 0.798. The Morgan fingerprint density at radius 3 is 2.17 bits per heavy atom. The fourth-order valence-corrected chi connectivity index (χ4v) is 1.94. The summed E-state index contributed by atoms with van der Waals surface area (Å²) in [4.78, 5) is 0. The molecule has 1 aromatic carbocycles. The lowest BCUT2D eigenvalue weighted by molar-refractivity contribution is 0.00578. The minimum Gasteiger partial charge on any atom is -0.508 e. The molecule has 0 radical (unpaired) electrons. The Morgan fingerprint density at radius 2 is 1.67 bits per heavy atom. The Morgan fingerprint density at radius 1 is 1.17 bits per heavy atom. The number of benzene rings is 1. The van der Waals surface area contributed by atoms with Gasteiger partial charge in [0.15, 0.2) is 0 Å². The number of aromatic hydroxyl groups is 1. The molecular formula is C12H15BClFO3. The Labute approximate surface area is 111 Å². The lowest BCUT2D eigenvalue weighted by atomic mass is 9.79. The Kier molecular flexibility index (Phi) is 3.12. The molecule has 1 aliphatic rings. The highest BCUT2D eigenvalue weighted by Gasteiger charge is 2.52. The van der Waals surface area contributed by atoms with Gasteiger partial charge in [0, 0.05) is 11.5 Å². The van der Waals surface area contributed by atoms with E-state index in [4.69, 9.17) is 20.9 Å². The van der Waals surface area contributed by atoms with E-state index in [0.29, 0.717) is 5.46 Å². The van der Waals surface area contributed by atoms with E-state index < -0.39 is 24.1 Å². The average Bonchev–Trinajstić information content (AvgIpc) is 2.42. The molecule has 0 saturated carbocycles. The SMILES string of the molecule is CC1(C)OB(c2cc(O)cc(F)c2Cl)OC1(C)C. The molecule has 1 aliphatic heterocycles. The fourth-order valence-electron chi connectivity index (χ4n) is 1.74. The van der Waals surface area contributed by atoms with Crippen LogP contribution in [0.2, 0.25) is 5.02 Å². The minimum absolute atomic E-state index is 0.0914. The van der Waals surface area contributed by atoms with Gasteiger partial charge in [0.05, 0.1) is 16.2 Å². The average molecular weight is 273 g/mol. The van der Waals surface area contributed by atoms with E-state index in [1.165, 1.54) is 6.07 Å². The zero-order chi connectivity index (χ0) is 13.7. The van der Waals surface area contributed by atoms with Gasteiger partial charge in [-0.05, 0) is 33.8 Å². The van der Waals surface area contributed by atoms with Crippen LogP contribution in [0, 0.1) is 5.82 Å². The summed E-state index contributed by atoms with van der Waals surface area (Å²) in [5.74, 6) is -0.900. The zero-order valence-electron chi connectivity index (χ0n) is 10.8. The van der Waals surface area contributed by atoms with Gasteiger partial charge in [0.2, 0.25) is 0 Å². The summed E-state index contributed by atoms with van der Waals surface area (Å²) in [5, 5.41) is 9.34. The van der Waals surface area contributed by atoms with E-state index in [2.05, 4.69) is 0 Å². The van der Waals surface area contributed by atoms with Gasteiger partial charge in [-0.25, -0.2) is 4.39 Å². The zero-order valence-corrected chi connectivity index (χ0v) is 11.5. The van der Waals surface area contributed by atoms with Gasteiger partial charge in [-0.3, -0.25) is 0 Å². The van der Waals surface area contributed by atoms with Gasteiger partial charge in [-0.15, -0.1) is 0 Å². The summed E-state index contributed by atoms with van der Waals surface area (Å²) < 4.78 is 25.0. The van der Waals surface area contributed by atoms with E-state index in [9.17, 15) is 9.50 Å². The van der Waals surface area contributed by atoms with Crippen LogP contribution in [-0.4, -0.2) is 23.4 Å². The van der Waals surface area contributed by atoms with Crippen LogP contribution in [-0.2, 0) is 9.31 Å². The van der Waals surface area contributed by atoms with Crippen LogP contribution in [0.4, 0.5) is 4.39 Å². The summed E-state index contributed by atoms with van der Waals surface area (Å²) in [5.41, 5.74) is -0.779. The van der Waals surface area contributed by atoms with Crippen LogP contribution in [0.3, 0.4) is 0 Å². The van der Waals surface area contributed by atoms with Crippen LogP contribution in [0.15, 0.2) is 12.1 Å². The van der Waals surface area contributed by atoms with Gasteiger partial charge >= 0.3 is 7.12 Å². The van der Waals surface area contributed by atoms with E-state index in [0.717, 1.165) is 6.07 Å². The number of rotatable bonds is 1. The summed E-state index contributed by atoms with van der Waals surface area (Å²) in [6, 6.07) is 2.31. The highest BCUT2D eigenvalue weighted by molar-refractivity contribution is 6.65. The van der Waals surface area contributed by atoms with E-state index >= 15 is 0 Å². The lowest BCUT2D eigenvalue weighted by Gasteiger charge is -2.32. The summed E-state index contributed by atoms with van der Waals surface area (Å²) in [7, 11) is -0.788. The molecule has 98 valence electrons. The molecule has 6 heteroatoms. The molecule has 1 saturated heterocycles. The fraction of sp³-hybridized carbons (Fsp3) is 0.500. The predicted octanol–water partition coefficient (Wildman–Crippen LogP) is 2.48. The smallest absolute Gasteiger partial charge is 0.496 e. The molecule has 0 spiro atoms. The topological polar surface area (TPSA) is 38.7 Å². The van der Waals surface area contributed by atoms with Crippen molar-refractivity contribution < 1.29 is 18.8 Å². The highest BCUT2D eigenvalue weighted by atomic mass is 35.5. The molecule has 0 bridgehead atoms. The van der Waals surface area contributed by atoms with Crippen molar-refractivity contribution in [1.29, 1.82) is 0 Å². The van der Waals surface area contributed by atoms with Crippen molar-refractivity contribution in [2.45, 2.75) is 38.9 Å². The minimum atomic E-state index is -0.788. The van der Waals surface area contributed by atoms with E-state index in [-0.39, 0.29) is 10.8 Å². The number of hydrogen-bond donors (Lipinski definition) is 1. The van der Waals surface area contributed by atoms with Crippen LogP contribution >= 0.6 is 11.6 Å². The molecule has 1 fully saturated rings. The van der Waals surface area contributed by atoms with E-state index in [1.807, 2.05) is 27.7 Å². The first-order chi connectivity index (χ1) is 8.14. The number of hydrogen-bond acceptors (Lipinski definition) is 3. The van der Waals surface area contributed by atoms with Crippen LogP contribution in [0.5, 0.6) is 5.75 Å². The van der Waals surface area contributed by atoms with Gasteiger partial charge in [0.1, 0.15) is 11.6 Å². The maximum absolute atomic E-state index is 13.5. The maximum Gasteiger partial charge on any atom is 0.496 e. The monoisotopic (exact) mass is 272 g/mol. The van der Waals surface area contributed by atoms with Gasteiger partial charge in [-0.2, -0.15) is 0 Å². The van der Waals surface area contributed by atoms with Crippen molar-refractivity contribution in [3.05, 3.63) is 23.0 Å². The first-order valence-corrected chi connectivity index (χ1v) is 6.05. The molecule has 1 N–H and O–H groups in total. The van der Waals surface area contributed by atoms with E-state index in [1.54, 1.807) is 0 Å². The van der Waals surface area contributed by atoms with Crippen molar-refractivity contribution >= 4 is 24.2 Å². The third kappa shape index (κ3) is 2.11. The third-order valence-electron chi connectivity index (χ3n) is 3.55. The molecule has 0 unspecified atom stereocenters. The highest BCUT2D eigenvalue weighted by Crippen LogP contribution is 2.37. The number of phenolic OH excluding ortho intramolecular Hbond substituents is 1. The van der Waals surface area contributed by atoms with Crippen molar-refractivity contribution in [3.63, 3.8) is 0 Å². The Hall–Kier alpha value is -0.775. The van der Waals surface area contributed by atoms with Crippen LogP contribution < -0.4 is 5.46 Å². The molecule has 0 aliphatic carbocycles. The molecule has 1 heterocycles.